The summed E-state index contributed by atoms with van der Waals surface area (Å²) in [6, 6.07) is 0. The van der Waals surface area contributed by atoms with Crippen LogP contribution in [0.15, 0.2) is 158 Å². The molecule has 0 saturated heterocycles. The topological polar surface area (TPSA) is 237 Å². The molecule has 0 amide bonds. The summed E-state index contributed by atoms with van der Waals surface area (Å²) in [5.74, 6) is -2.44. The SMILES string of the molecule is CC/C=C\C/C=C\C/C=C\C/C=C\C/C=C\CCCC(=O)OCC(COP(=O)(O)OCC(O)COP(=O)(O)OCC(COC(=O)C/C=C\C/C=C\C/C=C\C/C=C\C/C=C\CC)OC(=O)CCCCCCC/C=C\C/C=C\CCC)OC(=O)CCCCCCC/C=C\CCCC. The van der Waals surface area contributed by atoms with Gasteiger partial charge in [0.25, 0.3) is 0 Å². The summed E-state index contributed by atoms with van der Waals surface area (Å²) in [4.78, 5) is 72.5. The van der Waals surface area contributed by atoms with Crippen molar-refractivity contribution in [2.24, 2.45) is 0 Å². The standard InChI is InChI=1S/C77H124O17P2/c1-5-9-13-17-21-25-29-32-34-35-37-40-43-46-50-54-58-62-75(80)87-67-72(93-76(81)63-59-55-51-47-41-28-24-20-16-12-8-4)69-91-95(83,84)89-65-71(78)66-90-96(85,86)92-70-73(94-77(82)64-60-56-52-48-44-38-31-27-23-19-15-11-7-3)68-88-74(79)61-57-53-49-45-42-39-36-33-30-26-22-18-14-10-6-2/h9-10,13-15,19-22,24-27,31-34,36-37,40,42,45-46,50,53,57,71-73,78H,5-8,11-12,16-18,23,28-30,35,38-39,41,43-44,47-49,51-52,54-56,58-70H2,1-4H3,(H,83,84)(H,85,86)/b13-9-,14-10-,19-15-,24-20-,25-21-,26-22-,31-27-,34-32-,36-33-,40-37-,45-42-,50-46-,57-53-. The number of carbonyl (C=O) groups is 4. The monoisotopic (exact) mass is 1380 g/mol. The maximum Gasteiger partial charge on any atom is 0.472 e. The first kappa shape index (κ1) is 90.7. The van der Waals surface area contributed by atoms with Crippen LogP contribution in [0.4, 0.5) is 0 Å². The molecule has 0 saturated carbocycles. The van der Waals surface area contributed by atoms with Gasteiger partial charge in [0.05, 0.1) is 32.8 Å². The molecule has 0 rings (SSSR count). The molecular weight excluding hydrogens is 1260 g/mol. The van der Waals surface area contributed by atoms with Gasteiger partial charge in [0.15, 0.2) is 12.2 Å². The number of aliphatic hydroxyl groups excluding tert-OH is 1. The molecule has 0 aliphatic carbocycles. The van der Waals surface area contributed by atoms with Crippen molar-refractivity contribution in [1.29, 1.82) is 0 Å². The molecule has 0 aromatic rings. The lowest BCUT2D eigenvalue weighted by molar-refractivity contribution is -0.161. The number of hydrogen-bond donors (Lipinski definition) is 3. The highest BCUT2D eigenvalue weighted by molar-refractivity contribution is 7.47. The van der Waals surface area contributed by atoms with E-state index in [0.717, 1.165) is 154 Å². The molecule has 3 N–H and O–H groups in total. The number of phosphoric ester groups is 2. The Kier molecular flexibility index (Phi) is 64.4. The minimum atomic E-state index is -5.00. The summed E-state index contributed by atoms with van der Waals surface area (Å²) < 4.78 is 68.0. The third-order valence-corrected chi connectivity index (χ3v) is 15.9. The molecule has 5 atom stereocenters. The lowest BCUT2D eigenvalue weighted by Crippen LogP contribution is -2.30. The maximum absolute atomic E-state index is 13.0. The number of rotatable bonds is 65. The van der Waals surface area contributed by atoms with Gasteiger partial charge >= 0.3 is 39.5 Å². The van der Waals surface area contributed by atoms with Crippen LogP contribution >= 0.6 is 15.6 Å². The highest BCUT2D eigenvalue weighted by Crippen LogP contribution is 2.45. The van der Waals surface area contributed by atoms with Crippen molar-refractivity contribution in [3.8, 4) is 0 Å². The number of esters is 4. The van der Waals surface area contributed by atoms with Crippen molar-refractivity contribution in [2.75, 3.05) is 39.6 Å². The van der Waals surface area contributed by atoms with Crippen LogP contribution < -0.4 is 0 Å². The summed E-state index contributed by atoms with van der Waals surface area (Å²) in [5.41, 5.74) is 0. The fraction of sp³-hybridized carbons (Fsp3) is 0.610. The van der Waals surface area contributed by atoms with Gasteiger partial charge in [0, 0.05) is 19.3 Å². The van der Waals surface area contributed by atoms with Crippen LogP contribution in [0.1, 0.15) is 246 Å². The lowest BCUT2D eigenvalue weighted by atomic mass is 10.1. The van der Waals surface area contributed by atoms with Crippen molar-refractivity contribution in [3.05, 3.63) is 158 Å². The zero-order valence-corrected chi connectivity index (χ0v) is 60.8. The maximum atomic E-state index is 13.0. The van der Waals surface area contributed by atoms with E-state index < -0.39 is 97.5 Å². The van der Waals surface area contributed by atoms with Gasteiger partial charge in [0.2, 0.25) is 0 Å². The second-order valence-corrected chi connectivity index (χ2v) is 26.0. The van der Waals surface area contributed by atoms with Gasteiger partial charge in [-0.15, -0.1) is 0 Å². The van der Waals surface area contributed by atoms with Gasteiger partial charge in [-0.25, -0.2) is 9.13 Å². The summed E-state index contributed by atoms with van der Waals surface area (Å²) in [5, 5.41) is 10.6. The van der Waals surface area contributed by atoms with Crippen molar-refractivity contribution >= 4 is 39.5 Å². The molecule has 544 valence electrons. The summed E-state index contributed by atoms with van der Waals surface area (Å²) in [7, 11) is -10.00. The van der Waals surface area contributed by atoms with E-state index in [9.17, 15) is 43.2 Å². The van der Waals surface area contributed by atoms with Crippen LogP contribution in [-0.4, -0.2) is 96.7 Å². The molecule has 96 heavy (non-hydrogen) atoms. The predicted molar refractivity (Wildman–Crippen MR) is 390 cm³/mol. The average molecular weight is 1380 g/mol. The molecule has 0 aliphatic rings. The van der Waals surface area contributed by atoms with E-state index in [2.05, 4.69) is 149 Å². The zero-order chi connectivity index (χ0) is 70.4. The van der Waals surface area contributed by atoms with Gasteiger partial charge in [0.1, 0.15) is 19.3 Å². The molecule has 0 aromatic heterocycles. The second kappa shape index (κ2) is 68.2. The van der Waals surface area contributed by atoms with Crippen molar-refractivity contribution in [3.63, 3.8) is 0 Å². The fourth-order valence-corrected chi connectivity index (χ4v) is 10.2. The molecule has 17 nitrogen and oxygen atoms in total. The fourth-order valence-electron chi connectivity index (χ4n) is 8.58. The Labute approximate surface area is 579 Å². The van der Waals surface area contributed by atoms with Gasteiger partial charge in [-0.1, -0.05) is 243 Å². The summed E-state index contributed by atoms with van der Waals surface area (Å²) in [6.45, 7) is 4.28. The van der Waals surface area contributed by atoms with Crippen LogP contribution in [-0.2, 0) is 65.4 Å². The first-order chi connectivity index (χ1) is 46.7. The first-order valence-corrected chi connectivity index (χ1v) is 38.7. The smallest absolute Gasteiger partial charge is 0.462 e. The molecule has 0 bridgehead atoms. The minimum absolute atomic E-state index is 0.0527. The molecule has 0 heterocycles. The normalized spacial score (nSPS) is 14.9. The van der Waals surface area contributed by atoms with E-state index in [1.54, 1.807) is 6.08 Å². The number of allylic oxidation sites excluding steroid dienone is 25. The van der Waals surface area contributed by atoms with Crippen LogP contribution in [0.2, 0.25) is 0 Å². The summed E-state index contributed by atoms with van der Waals surface area (Å²) in [6.07, 6.45) is 77.3. The Hall–Kier alpha value is -5.32. The molecule has 0 fully saturated rings. The molecule has 5 unspecified atom stereocenters. The minimum Gasteiger partial charge on any atom is -0.462 e. The highest BCUT2D eigenvalue weighted by atomic mass is 31.2. The average Bonchev–Trinajstić information content (AvgIpc) is 1.13. The van der Waals surface area contributed by atoms with Crippen LogP contribution in [0.3, 0.4) is 0 Å². The molecule has 0 radical (unpaired) electrons. The number of ether oxygens (including phenoxy) is 4. The lowest BCUT2D eigenvalue weighted by Gasteiger charge is -2.21. The van der Waals surface area contributed by atoms with Crippen LogP contribution in [0.5, 0.6) is 0 Å². The van der Waals surface area contributed by atoms with E-state index in [-0.39, 0.29) is 25.7 Å². The van der Waals surface area contributed by atoms with E-state index in [4.69, 9.17) is 37.0 Å². The van der Waals surface area contributed by atoms with Gasteiger partial charge in [-0.3, -0.25) is 37.3 Å². The molecule has 0 spiro atoms. The number of aliphatic hydroxyl groups is 1. The quantitative estimate of drug-likeness (QED) is 0.0169. The Morgan fingerprint density at radius 3 is 1.01 bits per heavy atom. The predicted octanol–water partition coefficient (Wildman–Crippen LogP) is 20.1. The number of unbranched alkanes of at least 4 members (excludes halogenated alkanes) is 14. The summed E-state index contributed by atoms with van der Waals surface area (Å²) >= 11 is 0. The highest BCUT2D eigenvalue weighted by Gasteiger charge is 2.30. The molecule has 0 aromatic carbocycles. The van der Waals surface area contributed by atoms with Crippen LogP contribution in [0, 0.1) is 0 Å². The van der Waals surface area contributed by atoms with Gasteiger partial charge < -0.3 is 33.8 Å². The van der Waals surface area contributed by atoms with E-state index in [1.807, 2.05) is 30.4 Å². The van der Waals surface area contributed by atoms with Gasteiger partial charge in [-0.2, -0.15) is 0 Å². The molecule has 19 heteroatoms. The number of carbonyl (C=O) groups excluding carboxylic acids is 4. The number of hydrogen-bond acceptors (Lipinski definition) is 15. The van der Waals surface area contributed by atoms with Gasteiger partial charge in [-0.05, 0) is 135 Å². The Morgan fingerprint density at radius 2 is 0.615 bits per heavy atom. The van der Waals surface area contributed by atoms with Crippen molar-refractivity contribution in [2.45, 2.75) is 264 Å². The Balaban J connectivity index is 5.46. The second-order valence-electron chi connectivity index (χ2n) is 23.1. The Morgan fingerprint density at radius 1 is 0.312 bits per heavy atom. The third-order valence-electron chi connectivity index (χ3n) is 14.0. The Bertz CT molecular complexity index is 2450. The van der Waals surface area contributed by atoms with Crippen LogP contribution in [0.25, 0.3) is 0 Å². The third kappa shape index (κ3) is 67.3. The van der Waals surface area contributed by atoms with E-state index in [0.29, 0.717) is 32.1 Å². The zero-order valence-electron chi connectivity index (χ0n) is 59.0. The number of phosphoric acid groups is 2. The first-order valence-electron chi connectivity index (χ1n) is 35.7. The van der Waals surface area contributed by atoms with Crippen molar-refractivity contribution < 1.29 is 80.2 Å². The molecule has 0 aliphatic heterocycles. The van der Waals surface area contributed by atoms with Crippen molar-refractivity contribution in [1.82, 2.24) is 0 Å². The largest absolute Gasteiger partial charge is 0.472 e. The van der Waals surface area contributed by atoms with E-state index >= 15 is 0 Å². The van der Waals surface area contributed by atoms with E-state index in [1.165, 1.54) is 6.42 Å². The molecular formula is C77H124O17P2.